The Labute approximate surface area is 87.2 Å². The normalized spacial score (nSPS) is 9.23. The third kappa shape index (κ3) is 2.99. The summed E-state index contributed by atoms with van der Waals surface area (Å²) >= 11 is 4.25. The minimum absolute atomic E-state index is 1.02. The molecule has 0 atom stereocenters. The molecular weight excluding hydrogens is 312 g/mol. The molecule has 0 aliphatic heterocycles. The fourth-order valence-corrected chi connectivity index (χ4v) is 0.495. The zero-order valence-corrected chi connectivity index (χ0v) is 10.5. The molecule has 0 bridgehead atoms. The Morgan fingerprint density at radius 1 is 0.769 bits per heavy atom. The van der Waals surface area contributed by atoms with Crippen LogP contribution in [0.25, 0.3) is 0 Å². The molecule has 0 heterocycles. The molecule has 0 aromatic heterocycles. The third-order valence-electron chi connectivity index (χ3n) is 0.990. The fraction of sp³-hybridized carbons (Fsp3) is 0. The molecule has 13 heavy (non-hydrogen) atoms. The van der Waals surface area contributed by atoms with Crippen LogP contribution in [0.3, 0.4) is 0 Å². The number of benzene rings is 1. The van der Waals surface area contributed by atoms with Gasteiger partial charge in [0.1, 0.15) is 0 Å². The Bertz CT molecular complexity index is 277. The molecule has 1 aromatic carbocycles. The van der Waals surface area contributed by atoms with Gasteiger partial charge < -0.3 is 0 Å². The van der Waals surface area contributed by atoms with E-state index < -0.39 is 29.1 Å². The molecule has 0 fully saturated rings. The van der Waals surface area contributed by atoms with Gasteiger partial charge in [0, 0.05) is 0 Å². The van der Waals surface area contributed by atoms with E-state index >= 15 is 0 Å². The van der Waals surface area contributed by atoms with Crippen LogP contribution in [0, 0.1) is 35.2 Å². The number of hydrogen-bond acceptors (Lipinski definition) is 0. The van der Waals surface area contributed by atoms with Gasteiger partial charge in [-0.1, -0.05) is 0 Å². The average molecular weight is 312 g/mol. The molecule has 0 aliphatic carbocycles. The van der Waals surface area contributed by atoms with Crippen molar-refractivity contribution in [3.63, 3.8) is 0 Å². The van der Waals surface area contributed by atoms with Crippen LogP contribution in [0.1, 0.15) is 0 Å². The number of hydrogen-bond donors (Lipinski definition) is 0. The van der Waals surface area contributed by atoms with Crippen LogP contribution in [-0.2, 0) is 16.3 Å². The van der Waals surface area contributed by atoms with Gasteiger partial charge in [0.15, 0.2) is 0 Å². The summed E-state index contributed by atoms with van der Waals surface area (Å²) in [6, 6.07) is 1.02. The first-order valence-corrected chi connectivity index (χ1v) is 9.66. The summed E-state index contributed by atoms with van der Waals surface area (Å²) in [7, 11) is 0. The summed E-state index contributed by atoms with van der Waals surface area (Å²) in [6.07, 6.45) is 0. The van der Waals surface area contributed by atoms with Gasteiger partial charge in [0.25, 0.3) is 0 Å². The molecule has 7 heteroatoms. The van der Waals surface area contributed by atoms with Crippen LogP contribution < -0.4 is 0 Å². The van der Waals surface area contributed by atoms with Crippen molar-refractivity contribution in [2.45, 2.75) is 0 Å². The molecule has 1 rings (SSSR count). The summed E-state index contributed by atoms with van der Waals surface area (Å²) in [5.74, 6) is -10.0. The number of rotatable bonds is 0. The molecule has 68 valence electrons. The summed E-state index contributed by atoms with van der Waals surface area (Å²) in [4.78, 5) is 0. The molecule has 1 aromatic rings. The molecule has 0 aliphatic rings. The van der Waals surface area contributed by atoms with Gasteiger partial charge in [-0.25, -0.2) is 13.2 Å². The van der Waals surface area contributed by atoms with Crippen molar-refractivity contribution >= 4 is 13.6 Å². The van der Waals surface area contributed by atoms with E-state index in [1.807, 2.05) is 0 Å². The second-order valence-corrected chi connectivity index (χ2v) is 1.69. The van der Waals surface area contributed by atoms with E-state index in [4.69, 9.17) is 0 Å². The van der Waals surface area contributed by atoms with Crippen LogP contribution in [0.5, 0.6) is 0 Å². The van der Waals surface area contributed by atoms with E-state index in [0.29, 0.717) is 0 Å². The fourth-order valence-electron chi connectivity index (χ4n) is 0.495. The van der Waals surface area contributed by atoms with Crippen molar-refractivity contribution in [2.24, 2.45) is 0 Å². The van der Waals surface area contributed by atoms with Gasteiger partial charge in [-0.3, -0.25) is 8.78 Å². The van der Waals surface area contributed by atoms with Gasteiger partial charge >= 0.3 is 30.0 Å². The molecule has 0 nitrogen and oxygen atoms in total. The topological polar surface area (TPSA) is 0 Å². The Kier molecular flexibility index (Phi) is 5.64. The number of halogens is 6. The molecule has 0 saturated heterocycles. The Hall–Kier alpha value is -0.0266. The maximum absolute atomic E-state index is 12.0. The van der Waals surface area contributed by atoms with Crippen LogP contribution in [0.2, 0.25) is 0 Å². The first-order chi connectivity index (χ1) is 6.04. The second kappa shape index (κ2) is 5.65. The van der Waals surface area contributed by atoms with Crippen LogP contribution in [0.15, 0.2) is 0 Å². The van der Waals surface area contributed by atoms with Gasteiger partial charge in [-0.2, -0.15) is 0 Å². The van der Waals surface area contributed by atoms with E-state index in [2.05, 4.69) is 13.6 Å². The van der Waals surface area contributed by atoms with E-state index in [0.717, 1.165) is 6.07 Å². The zero-order chi connectivity index (χ0) is 10.6. The zero-order valence-electron chi connectivity index (χ0n) is 5.97. The van der Waals surface area contributed by atoms with Gasteiger partial charge in [0.2, 0.25) is 0 Å². The standard InChI is InChI=1S/C6F5.BrH.Zn/c7-2-1-3(8)5(10)6(11)4(2)9;;/h;1H;/q-1;;+2/p-1. The predicted molar refractivity (Wildman–Crippen MR) is 34.0 cm³/mol. The van der Waals surface area contributed by atoms with E-state index in [-0.39, 0.29) is 0 Å². The second-order valence-electron chi connectivity index (χ2n) is 1.69. The molecule has 0 unspecified atom stereocenters. The first-order valence-electron chi connectivity index (χ1n) is 2.71. The molecular formula is C6BrF5Zn. The Balaban J connectivity index is 0.000000671. The monoisotopic (exact) mass is 310 g/mol. The van der Waals surface area contributed by atoms with Gasteiger partial charge in [-0.05, 0) is 0 Å². The van der Waals surface area contributed by atoms with E-state index in [1.54, 1.807) is 0 Å². The summed E-state index contributed by atoms with van der Waals surface area (Å²) in [5, 5.41) is 0. The molecule has 0 saturated carbocycles. The average Bonchev–Trinajstić information content (AvgIpc) is 2.15. The summed E-state index contributed by atoms with van der Waals surface area (Å²) < 4.78 is 59.9. The van der Waals surface area contributed by atoms with Gasteiger partial charge in [0.05, 0.1) is 29.1 Å². The van der Waals surface area contributed by atoms with Crippen molar-refractivity contribution in [1.82, 2.24) is 0 Å². The van der Waals surface area contributed by atoms with E-state index in [9.17, 15) is 22.0 Å². The Morgan fingerprint density at radius 2 is 1.08 bits per heavy atom. The maximum atomic E-state index is 12.0. The van der Waals surface area contributed by atoms with Crippen molar-refractivity contribution in [1.29, 1.82) is 0 Å². The first kappa shape index (κ1) is 13.0. The summed E-state index contributed by atoms with van der Waals surface area (Å²) in [6.45, 7) is 0. The van der Waals surface area contributed by atoms with Crippen LogP contribution in [0.4, 0.5) is 22.0 Å². The molecule has 0 spiro atoms. The SMILES string of the molecule is Fc1[c-]c(F)c(F)c(F)c1F.[Zn+][Br]. The van der Waals surface area contributed by atoms with Crippen molar-refractivity contribution in [2.75, 3.05) is 0 Å². The van der Waals surface area contributed by atoms with E-state index in [1.165, 1.54) is 16.3 Å². The quantitative estimate of drug-likeness (QED) is 0.227. The van der Waals surface area contributed by atoms with Crippen molar-refractivity contribution in [3.05, 3.63) is 35.2 Å². The molecule has 0 radical (unpaired) electrons. The Morgan fingerprint density at radius 3 is 1.38 bits per heavy atom. The van der Waals surface area contributed by atoms with Gasteiger partial charge in [-0.15, -0.1) is 6.07 Å². The molecule has 0 amide bonds. The summed E-state index contributed by atoms with van der Waals surface area (Å²) in [5.41, 5.74) is 0. The van der Waals surface area contributed by atoms with Crippen LogP contribution >= 0.6 is 13.6 Å². The minimum atomic E-state index is -2.17. The third-order valence-corrected chi connectivity index (χ3v) is 0.990. The van der Waals surface area contributed by atoms with Crippen molar-refractivity contribution in [3.8, 4) is 0 Å². The molecule has 0 N–H and O–H groups in total. The van der Waals surface area contributed by atoms with Crippen LogP contribution in [-0.4, -0.2) is 0 Å². The van der Waals surface area contributed by atoms with Crippen molar-refractivity contribution < 1.29 is 38.3 Å². The predicted octanol–water partition coefficient (Wildman–Crippen LogP) is 3.03.